The van der Waals surface area contributed by atoms with Gasteiger partial charge in [-0.2, -0.15) is 0 Å². The third kappa shape index (κ3) is 11.5. The Kier molecular flexibility index (Phi) is 10.7. The van der Waals surface area contributed by atoms with Gasteiger partial charge in [0.05, 0.1) is 19.3 Å². The number of hydrogen-bond acceptors (Lipinski definition) is 8. The van der Waals surface area contributed by atoms with Crippen molar-refractivity contribution in [2.75, 3.05) is 27.0 Å². The van der Waals surface area contributed by atoms with Crippen molar-refractivity contribution >= 4 is 7.60 Å². The van der Waals surface area contributed by atoms with Crippen molar-refractivity contribution in [2.45, 2.75) is 39.9 Å². The van der Waals surface area contributed by atoms with Gasteiger partial charge in [-0.1, -0.05) is 0 Å². The highest BCUT2D eigenvalue weighted by atomic mass is 31.2. The van der Waals surface area contributed by atoms with E-state index in [0.717, 1.165) is 0 Å². The summed E-state index contributed by atoms with van der Waals surface area (Å²) in [5.74, 6) is 0. The van der Waals surface area contributed by atoms with E-state index >= 15 is 0 Å². The van der Waals surface area contributed by atoms with Crippen molar-refractivity contribution < 1.29 is 37.9 Å². The summed E-state index contributed by atoms with van der Waals surface area (Å²) in [6, 6.07) is 0. The van der Waals surface area contributed by atoms with E-state index in [1.807, 2.05) is 0 Å². The van der Waals surface area contributed by atoms with Crippen LogP contribution in [0.3, 0.4) is 0 Å². The molecule has 0 aliphatic carbocycles. The van der Waals surface area contributed by atoms with Crippen LogP contribution < -0.4 is 0 Å². The highest BCUT2D eigenvalue weighted by molar-refractivity contribution is 7.53. The molecule has 0 heterocycles. The van der Waals surface area contributed by atoms with Crippen LogP contribution >= 0.6 is 7.60 Å². The van der Waals surface area contributed by atoms with E-state index in [4.69, 9.17) is 23.6 Å². The van der Waals surface area contributed by atoms with Crippen LogP contribution in [0.2, 0.25) is 0 Å². The zero-order chi connectivity index (χ0) is 14.7. The molecule has 0 aromatic rings. The van der Waals surface area contributed by atoms with Crippen LogP contribution in [0.15, 0.2) is 0 Å². The largest absolute Gasteiger partial charge is 0.366 e. The van der Waals surface area contributed by atoms with Gasteiger partial charge < -0.3 is 4.74 Å². The average molecular weight is 302 g/mol. The molecule has 0 radical (unpaired) electrons. The standard InChI is InChI=1S/C10H23O8P/c1-9(2)13-8-19(11,16-6-14-12-5)17-7-15-18-10(3)4/h9-10H,6-8H2,1-5H3. The highest BCUT2D eigenvalue weighted by Gasteiger charge is 2.26. The normalized spacial score (nSPS) is 15.1. The highest BCUT2D eigenvalue weighted by Crippen LogP contribution is 2.48. The molecule has 0 aromatic carbocycles. The fraction of sp³-hybridized carbons (Fsp3) is 1.00. The monoisotopic (exact) mass is 302 g/mol. The van der Waals surface area contributed by atoms with Crippen LogP contribution in [-0.4, -0.2) is 39.3 Å². The molecule has 19 heavy (non-hydrogen) atoms. The first-order valence-corrected chi connectivity index (χ1v) is 7.56. The molecular weight excluding hydrogens is 279 g/mol. The quantitative estimate of drug-likeness (QED) is 0.179. The van der Waals surface area contributed by atoms with Crippen LogP contribution in [0.4, 0.5) is 0 Å². The molecule has 0 amide bonds. The summed E-state index contributed by atoms with van der Waals surface area (Å²) >= 11 is 0. The van der Waals surface area contributed by atoms with Gasteiger partial charge in [0.15, 0.2) is 13.6 Å². The van der Waals surface area contributed by atoms with E-state index in [0.29, 0.717) is 0 Å². The van der Waals surface area contributed by atoms with Gasteiger partial charge in [-0.15, -0.1) is 0 Å². The van der Waals surface area contributed by atoms with E-state index in [1.165, 1.54) is 7.11 Å². The lowest BCUT2D eigenvalue weighted by molar-refractivity contribution is -0.345. The fourth-order valence-electron chi connectivity index (χ4n) is 0.768. The fourth-order valence-corrected chi connectivity index (χ4v) is 1.88. The summed E-state index contributed by atoms with van der Waals surface area (Å²) in [7, 11) is -2.19. The van der Waals surface area contributed by atoms with Crippen LogP contribution in [-0.2, 0) is 37.9 Å². The first kappa shape index (κ1) is 18.9. The Morgan fingerprint density at radius 1 is 0.947 bits per heavy atom. The molecule has 0 saturated heterocycles. The Labute approximate surface area is 113 Å². The maximum Gasteiger partial charge on any atom is 0.360 e. The summed E-state index contributed by atoms with van der Waals surface area (Å²) < 4.78 is 27.4. The van der Waals surface area contributed by atoms with Crippen molar-refractivity contribution in [3.05, 3.63) is 0 Å². The summed E-state index contributed by atoms with van der Waals surface area (Å²) in [6.07, 6.45) is -0.465. The molecule has 0 aliphatic heterocycles. The Morgan fingerprint density at radius 3 is 2.00 bits per heavy atom. The molecule has 9 heteroatoms. The average Bonchev–Trinajstić information content (AvgIpc) is 2.33. The zero-order valence-electron chi connectivity index (χ0n) is 12.0. The molecule has 0 fully saturated rings. The molecule has 0 N–H and O–H groups in total. The summed E-state index contributed by atoms with van der Waals surface area (Å²) in [5, 5.41) is 0. The maximum absolute atomic E-state index is 12.2. The van der Waals surface area contributed by atoms with Gasteiger partial charge >= 0.3 is 7.60 Å². The molecule has 116 valence electrons. The molecule has 0 rings (SSSR count). The van der Waals surface area contributed by atoms with Crippen LogP contribution in [0.5, 0.6) is 0 Å². The smallest absolute Gasteiger partial charge is 0.360 e. The molecule has 0 bridgehead atoms. The topological polar surface area (TPSA) is 81.7 Å². The van der Waals surface area contributed by atoms with Crippen molar-refractivity contribution in [1.29, 1.82) is 0 Å². The lowest BCUT2D eigenvalue weighted by Gasteiger charge is -2.19. The van der Waals surface area contributed by atoms with E-state index in [1.54, 1.807) is 27.7 Å². The first-order valence-electron chi connectivity index (χ1n) is 5.83. The van der Waals surface area contributed by atoms with E-state index in [-0.39, 0.29) is 32.1 Å². The molecule has 8 nitrogen and oxygen atoms in total. The Balaban J connectivity index is 4.11. The Hall–Kier alpha value is -0.0500. The molecule has 0 spiro atoms. The van der Waals surface area contributed by atoms with Crippen molar-refractivity contribution in [3.63, 3.8) is 0 Å². The molecule has 1 unspecified atom stereocenters. The summed E-state index contributed by atoms with van der Waals surface area (Å²) in [6.45, 7) is 6.47. The van der Waals surface area contributed by atoms with Crippen molar-refractivity contribution in [2.24, 2.45) is 0 Å². The van der Waals surface area contributed by atoms with Gasteiger partial charge in [0.1, 0.15) is 6.35 Å². The van der Waals surface area contributed by atoms with E-state index < -0.39 is 7.60 Å². The van der Waals surface area contributed by atoms with Crippen LogP contribution in [0, 0.1) is 0 Å². The van der Waals surface area contributed by atoms with Gasteiger partial charge in [-0.25, -0.2) is 19.6 Å². The minimum absolute atomic E-state index is 0.114. The maximum atomic E-state index is 12.2. The third-order valence-corrected chi connectivity index (χ3v) is 3.00. The molecule has 0 saturated carbocycles. The second-order valence-corrected chi connectivity index (χ2v) is 5.99. The third-order valence-electron chi connectivity index (χ3n) is 1.54. The summed E-state index contributed by atoms with van der Waals surface area (Å²) in [4.78, 5) is 18.3. The predicted octanol–water partition coefficient (Wildman–Crippen LogP) is 2.44. The van der Waals surface area contributed by atoms with E-state index in [2.05, 4.69) is 9.78 Å². The number of ether oxygens (including phenoxy) is 1. The molecule has 1 atom stereocenters. The Bertz CT molecular complexity index is 258. The number of hydrogen-bond donors (Lipinski definition) is 0. The van der Waals surface area contributed by atoms with Gasteiger partial charge in [-0.05, 0) is 27.7 Å². The lowest BCUT2D eigenvalue weighted by atomic mass is 10.5. The second-order valence-electron chi connectivity index (χ2n) is 4.00. The molecule has 0 aromatic heterocycles. The second kappa shape index (κ2) is 10.7. The van der Waals surface area contributed by atoms with Crippen LogP contribution in [0.25, 0.3) is 0 Å². The zero-order valence-corrected chi connectivity index (χ0v) is 12.9. The predicted molar refractivity (Wildman–Crippen MR) is 66.0 cm³/mol. The van der Waals surface area contributed by atoms with Crippen molar-refractivity contribution in [1.82, 2.24) is 0 Å². The van der Waals surface area contributed by atoms with E-state index in [9.17, 15) is 4.57 Å². The number of rotatable bonds is 12. The molecular formula is C10H23O8P. The van der Waals surface area contributed by atoms with Gasteiger partial charge in [0, 0.05) is 0 Å². The molecule has 0 aliphatic rings. The van der Waals surface area contributed by atoms with Crippen LogP contribution in [0.1, 0.15) is 27.7 Å². The van der Waals surface area contributed by atoms with Gasteiger partial charge in [0.25, 0.3) is 0 Å². The minimum Gasteiger partial charge on any atom is -0.366 e. The SMILES string of the molecule is COOCOP(=O)(COC(C)C)OCOOC(C)C. The van der Waals surface area contributed by atoms with Gasteiger partial charge in [-0.3, -0.25) is 13.6 Å². The summed E-state index contributed by atoms with van der Waals surface area (Å²) in [5.41, 5.74) is 0. The lowest BCUT2D eigenvalue weighted by Crippen LogP contribution is -2.12. The van der Waals surface area contributed by atoms with Crippen molar-refractivity contribution in [3.8, 4) is 0 Å². The Morgan fingerprint density at radius 2 is 1.53 bits per heavy atom. The van der Waals surface area contributed by atoms with Gasteiger partial charge in [0.2, 0.25) is 0 Å². The minimum atomic E-state index is -3.50. The first-order chi connectivity index (χ1) is 8.89.